The number of aromatic nitrogens is 2. The Bertz CT molecular complexity index is 954. The summed E-state index contributed by atoms with van der Waals surface area (Å²) in [4.78, 5) is 24.5. The van der Waals surface area contributed by atoms with Gasteiger partial charge in [0, 0.05) is 13.6 Å². The van der Waals surface area contributed by atoms with E-state index in [0.717, 1.165) is 16.6 Å². The van der Waals surface area contributed by atoms with Crippen molar-refractivity contribution in [3.8, 4) is 0 Å². The number of carbonyl (C=O) groups excluding carboxylic acids is 1. The van der Waals surface area contributed by atoms with Gasteiger partial charge in [-0.05, 0) is 24.6 Å². The summed E-state index contributed by atoms with van der Waals surface area (Å²) in [7, 11) is 1.68. The van der Waals surface area contributed by atoms with Crippen LogP contribution in [0.4, 0.5) is 0 Å². The zero-order valence-corrected chi connectivity index (χ0v) is 14.3. The number of benzene rings is 2. The van der Waals surface area contributed by atoms with Crippen LogP contribution in [0.5, 0.6) is 0 Å². The first kappa shape index (κ1) is 17.0. The van der Waals surface area contributed by atoms with Crippen molar-refractivity contribution in [3.63, 3.8) is 0 Å². The molecule has 6 heteroatoms. The smallest absolute Gasteiger partial charge is 0.329 e. The van der Waals surface area contributed by atoms with Gasteiger partial charge in [-0.1, -0.05) is 42.0 Å². The predicted molar refractivity (Wildman–Crippen MR) is 96.3 cm³/mol. The number of imidazole rings is 1. The number of nitrogens with zero attached hydrogens (tertiary/aromatic N) is 2. The fourth-order valence-corrected chi connectivity index (χ4v) is 2.83. The highest BCUT2D eigenvalue weighted by molar-refractivity contribution is 5.80. The number of para-hydroxylation sites is 2. The van der Waals surface area contributed by atoms with Crippen molar-refractivity contribution < 1.29 is 9.90 Å². The molecule has 3 rings (SSSR count). The van der Waals surface area contributed by atoms with Gasteiger partial charge in [-0.2, -0.15) is 0 Å². The highest BCUT2D eigenvalue weighted by atomic mass is 16.3. The second kappa shape index (κ2) is 6.94. The number of amides is 1. The molecule has 1 atom stereocenters. The van der Waals surface area contributed by atoms with Crippen LogP contribution in [0, 0.1) is 6.92 Å². The van der Waals surface area contributed by atoms with Crippen LogP contribution >= 0.6 is 0 Å². The van der Waals surface area contributed by atoms with E-state index in [2.05, 4.69) is 5.32 Å². The van der Waals surface area contributed by atoms with Gasteiger partial charge in [-0.15, -0.1) is 0 Å². The SMILES string of the molecule is Cc1ccc(C(O)CNC(=O)Cn2c(=O)n(C)c3ccccc32)cc1. The van der Waals surface area contributed by atoms with Crippen LogP contribution in [-0.2, 0) is 18.4 Å². The summed E-state index contributed by atoms with van der Waals surface area (Å²) >= 11 is 0. The number of rotatable bonds is 5. The van der Waals surface area contributed by atoms with Gasteiger partial charge in [0.25, 0.3) is 0 Å². The molecule has 130 valence electrons. The molecular weight excluding hydrogens is 318 g/mol. The number of hydrogen-bond acceptors (Lipinski definition) is 3. The Kier molecular flexibility index (Phi) is 4.72. The molecule has 0 fully saturated rings. The first-order chi connectivity index (χ1) is 12.0. The van der Waals surface area contributed by atoms with Gasteiger partial charge in [0.15, 0.2) is 0 Å². The lowest BCUT2D eigenvalue weighted by Gasteiger charge is -2.13. The monoisotopic (exact) mass is 339 g/mol. The van der Waals surface area contributed by atoms with E-state index in [4.69, 9.17) is 0 Å². The normalized spacial score (nSPS) is 12.3. The molecule has 0 saturated heterocycles. The maximum absolute atomic E-state index is 12.3. The highest BCUT2D eigenvalue weighted by Crippen LogP contribution is 2.13. The van der Waals surface area contributed by atoms with Crippen LogP contribution in [0.3, 0.4) is 0 Å². The highest BCUT2D eigenvalue weighted by Gasteiger charge is 2.14. The van der Waals surface area contributed by atoms with Crippen LogP contribution in [0.2, 0.25) is 0 Å². The van der Waals surface area contributed by atoms with E-state index in [9.17, 15) is 14.7 Å². The Balaban J connectivity index is 1.68. The number of aryl methyl sites for hydroxylation is 2. The molecule has 1 amide bonds. The molecule has 0 spiro atoms. The minimum absolute atomic E-state index is 0.0825. The van der Waals surface area contributed by atoms with E-state index in [1.807, 2.05) is 55.5 Å². The molecule has 0 aliphatic carbocycles. The number of hydrogen-bond donors (Lipinski definition) is 2. The number of aliphatic hydroxyl groups is 1. The summed E-state index contributed by atoms with van der Waals surface area (Å²) in [6, 6.07) is 14.8. The van der Waals surface area contributed by atoms with E-state index in [1.165, 1.54) is 9.13 Å². The van der Waals surface area contributed by atoms with Gasteiger partial charge >= 0.3 is 5.69 Å². The lowest BCUT2D eigenvalue weighted by atomic mass is 10.1. The summed E-state index contributed by atoms with van der Waals surface area (Å²) in [5, 5.41) is 12.9. The molecule has 3 aromatic rings. The van der Waals surface area contributed by atoms with E-state index < -0.39 is 6.10 Å². The van der Waals surface area contributed by atoms with Crippen molar-refractivity contribution in [2.24, 2.45) is 7.05 Å². The molecule has 0 bridgehead atoms. The van der Waals surface area contributed by atoms with E-state index in [-0.39, 0.29) is 24.7 Å². The zero-order chi connectivity index (χ0) is 18.0. The summed E-state index contributed by atoms with van der Waals surface area (Å²) in [5.74, 6) is -0.315. The molecule has 2 aromatic carbocycles. The largest absolute Gasteiger partial charge is 0.387 e. The third-order valence-corrected chi connectivity index (χ3v) is 4.31. The van der Waals surface area contributed by atoms with Gasteiger partial charge in [-0.3, -0.25) is 13.9 Å². The third kappa shape index (κ3) is 3.49. The standard InChI is InChI=1S/C19H21N3O3/c1-13-7-9-14(10-8-13)17(23)11-20-18(24)12-22-16-6-4-3-5-15(16)21(2)19(22)25/h3-10,17,23H,11-12H2,1-2H3,(H,20,24). The van der Waals surface area contributed by atoms with Gasteiger partial charge < -0.3 is 10.4 Å². The fourth-order valence-electron chi connectivity index (χ4n) is 2.83. The minimum Gasteiger partial charge on any atom is -0.387 e. The predicted octanol–water partition coefficient (Wildman–Crippen LogP) is 1.50. The topological polar surface area (TPSA) is 76.3 Å². The van der Waals surface area contributed by atoms with Gasteiger partial charge in [0.1, 0.15) is 6.54 Å². The van der Waals surface area contributed by atoms with E-state index in [1.54, 1.807) is 7.05 Å². The first-order valence-electron chi connectivity index (χ1n) is 8.13. The quantitative estimate of drug-likeness (QED) is 0.740. The number of nitrogens with one attached hydrogen (secondary N) is 1. The molecule has 25 heavy (non-hydrogen) atoms. The van der Waals surface area contributed by atoms with Crippen molar-refractivity contribution >= 4 is 16.9 Å². The van der Waals surface area contributed by atoms with Crippen molar-refractivity contribution in [2.75, 3.05) is 6.54 Å². The Morgan fingerprint density at radius 3 is 2.44 bits per heavy atom. The number of carbonyl (C=O) groups is 1. The van der Waals surface area contributed by atoms with Crippen LogP contribution < -0.4 is 11.0 Å². The molecule has 0 radical (unpaired) electrons. The molecule has 1 unspecified atom stereocenters. The lowest BCUT2D eigenvalue weighted by Crippen LogP contribution is -2.34. The summed E-state index contributed by atoms with van der Waals surface area (Å²) in [5.41, 5.74) is 3.10. The molecule has 0 saturated carbocycles. The minimum atomic E-state index is -0.784. The molecule has 2 N–H and O–H groups in total. The van der Waals surface area contributed by atoms with Gasteiger partial charge in [-0.25, -0.2) is 4.79 Å². The van der Waals surface area contributed by atoms with E-state index in [0.29, 0.717) is 5.52 Å². The van der Waals surface area contributed by atoms with Crippen LogP contribution in [0.25, 0.3) is 11.0 Å². The molecule has 6 nitrogen and oxygen atoms in total. The number of aliphatic hydroxyl groups excluding tert-OH is 1. The van der Waals surface area contributed by atoms with Crippen molar-refractivity contribution in [2.45, 2.75) is 19.6 Å². The maximum atomic E-state index is 12.3. The van der Waals surface area contributed by atoms with Crippen molar-refractivity contribution in [1.29, 1.82) is 0 Å². The van der Waals surface area contributed by atoms with Gasteiger partial charge in [0.05, 0.1) is 17.1 Å². The second-order valence-electron chi connectivity index (χ2n) is 6.15. The van der Waals surface area contributed by atoms with Crippen molar-refractivity contribution in [1.82, 2.24) is 14.5 Å². The molecule has 1 aromatic heterocycles. The van der Waals surface area contributed by atoms with Crippen LogP contribution in [-0.4, -0.2) is 26.7 Å². The lowest BCUT2D eigenvalue weighted by molar-refractivity contribution is -0.122. The Morgan fingerprint density at radius 1 is 1.12 bits per heavy atom. The summed E-state index contributed by atoms with van der Waals surface area (Å²) in [6.45, 7) is 1.99. The average Bonchev–Trinajstić information content (AvgIpc) is 2.85. The third-order valence-electron chi connectivity index (χ3n) is 4.31. The average molecular weight is 339 g/mol. The fraction of sp³-hybridized carbons (Fsp3) is 0.263. The number of fused-ring (bicyclic) bond motifs is 1. The molecular formula is C19H21N3O3. The molecule has 0 aliphatic heterocycles. The Labute approximate surface area is 145 Å². The molecule has 0 aliphatic rings. The maximum Gasteiger partial charge on any atom is 0.329 e. The Hall–Kier alpha value is -2.86. The van der Waals surface area contributed by atoms with Crippen LogP contribution in [0.15, 0.2) is 53.3 Å². The second-order valence-corrected chi connectivity index (χ2v) is 6.15. The van der Waals surface area contributed by atoms with Gasteiger partial charge in [0.2, 0.25) is 5.91 Å². The Morgan fingerprint density at radius 2 is 1.76 bits per heavy atom. The first-order valence-corrected chi connectivity index (χ1v) is 8.13. The molecule has 1 heterocycles. The van der Waals surface area contributed by atoms with Crippen LogP contribution in [0.1, 0.15) is 17.2 Å². The summed E-state index contributed by atoms with van der Waals surface area (Å²) in [6.07, 6.45) is -0.784. The zero-order valence-electron chi connectivity index (χ0n) is 14.3. The van der Waals surface area contributed by atoms with Crippen molar-refractivity contribution in [3.05, 3.63) is 70.1 Å². The van der Waals surface area contributed by atoms with E-state index >= 15 is 0 Å². The summed E-state index contributed by atoms with van der Waals surface area (Å²) < 4.78 is 2.95.